The van der Waals surface area contributed by atoms with E-state index in [2.05, 4.69) is 31.9 Å². The molecule has 0 aliphatic carbocycles. The van der Waals surface area contributed by atoms with Crippen molar-refractivity contribution in [1.29, 1.82) is 0 Å². The van der Waals surface area contributed by atoms with Crippen LogP contribution >= 0.6 is 31.9 Å². The van der Waals surface area contributed by atoms with Crippen molar-refractivity contribution in [2.24, 2.45) is 0 Å². The molecule has 1 aromatic rings. The Bertz CT molecular complexity index is 423. The van der Waals surface area contributed by atoms with E-state index in [1.807, 2.05) is 0 Å². The molecule has 7 heteroatoms. The molecule has 2 N–H and O–H groups in total. The number of hydrogen-bond donors (Lipinski definition) is 2. The normalized spacial score (nSPS) is 12.6. The maximum atomic E-state index is 13.4. The molecule has 0 radical (unpaired) electrons. The number of hydrogen-bond acceptors (Lipinski definition) is 2. The van der Waals surface area contributed by atoms with Crippen LogP contribution in [0.25, 0.3) is 0 Å². The van der Waals surface area contributed by atoms with Gasteiger partial charge in [0.2, 0.25) is 0 Å². The molecular weight excluding hydrogens is 342 g/mol. The molecule has 0 aliphatic rings. The lowest BCUT2D eigenvalue weighted by molar-refractivity contribution is -0.147. The van der Waals surface area contributed by atoms with Gasteiger partial charge >= 0.3 is 5.97 Å². The molecule has 15 heavy (non-hydrogen) atoms. The molecule has 3 nitrogen and oxygen atoms in total. The first-order valence-corrected chi connectivity index (χ1v) is 5.18. The van der Waals surface area contributed by atoms with Crippen LogP contribution in [0.4, 0.5) is 8.78 Å². The minimum atomic E-state index is -2.05. The van der Waals surface area contributed by atoms with Crippen LogP contribution in [0, 0.1) is 11.6 Å². The largest absolute Gasteiger partial charge is 0.479 e. The van der Waals surface area contributed by atoms with E-state index >= 15 is 0 Å². The molecule has 0 aromatic heterocycles. The van der Waals surface area contributed by atoms with Crippen LogP contribution in [-0.4, -0.2) is 16.2 Å². The Balaban J connectivity index is 3.42. The molecule has 1 aromatic carbocycles. The second-order valence-electron chi connectivity index (χ2n) is 2.62. The van der Waals surface area contributed by atoms with Crippen molar-refractivity contribution in [3.63, 3.8) is 0 Å². The first-order chi connectivity index (χ1) is 6.86. The van der Waals surface area contributed by atoms with Crippen molar-refractivity contribution >= 4 is 37.8 Å². The summed E-state index contributed by atoms with van der Waals surface area (Å²) in [5.41, 5.74) is -0.518. The quantitative estimate of drug-likeness (QED) is 0.640. The van der Waals surface area contributed by atoms with E-state index in [0.717, 1.165) is 6.07 Å². The summed E-state index contributed by atoms with van der Waals surface area (Å²) in [6.07, 6.45) is -2.05. The van der Waals surface area contributed by atoms with Gasteiger partial charge in [0.25, 0.3) is 0 Å². The molecule has 1 rings (SSSR count). The summed E-state index contributed by atoms with van der Waals surface area (Å²) in [5, 5.41) is 17.7. The van der Waals surface area contributed by atoms with Gasteiger partial charge in [-0.25, -0.2) is 13.6 Å². The predicted octanol–water partition coefficient (Wildman–Crippen LogP) is 2.61. The molecule has 1 atom stereocenters. The van der Waals surface area contributed by atoms with E-state index in [-0.39, 0.29) is 4.47 Å². The van der Waals surface area contributed by atoms with Gasteiger partial charge in [-0.3, -0.25) is 0 Å². The molecular formula is C8H4Br2F2O3. The zero-order valence-corrected chi connectivity index (χ0v) is 10.1. The van der Waals surface area contributed by atoms with E-state index < -0.39 is 33.7 Å². The highest BCUT2D eigenvalue weighted by Gasteiger charge is 2.26. The summed E-state index contributed by atoms with van der Waals surface area (Å²) >= 11 is 5.38. The summed E-state index contributed by atoms with van der Waals surface area (Å²) in [5.74, 6) is -3.65. The highest BCUT2D eigenvalue weighted by molar-refractivity contribution is 9.11. The highest BCUT2D eigenvalue weighted by atomic mass is 79.9. The summed E-state index contributed by atoms with van der Waals surface area (Å²) in [7, 11) is 0. The van der Waals surface area contributed by atoms with Crippen LogP contribution in [0.5, 0.6) is 0 Å². The standard InChI is InChI=1S/C8H4Br2F2O3/c9-2-1-3(11)5(10)6(12)4(2)7(13)8(14)15/h1,7,13H,(H,14,15). The average Bonchev–Trinajstić information content (AvgIpc) is 2.14. The average molecular weight is 346 g/mol. The zero-order valence-electron chi connectivity index (χ0n) is 6.97. The van der Waals surface area contributed by atoms with Crippen LogP contribution in [-0.2, 0) is 4.79 Å². The highest BCUT2D eigenvalue weighted by Crippen LogP contribution is 2.33. The fourth-order valence-corrected chi connectivity index (χ4v) is 1.87. The molecule has 1 unspecified atom stereocenters. The lowest BCUT2D eigenvalue weighted by Gasteiger charge is -2.11. The molecule has 0 heterocycles. The van der Waals surface area contributed by atoms with Gasteiger partial charge in [-0.2, -0.15) is 0 Å². The molecule has 0 saturated carbocycles. The number of aliphatic hydroxyl groups is 1. The Kier molecular flexibility index (Phi) is 3.80. The third-order valence-electron chi connectivity index (χ3n) is 1.66. The fraction of sp³-hybridized carbons (Fsp3) is 0.125. The Morgan fingerprint density at radius 3 is 2.40 bits per heavy atom. The molecule has 82 valence electrons. The van der Waals surface area contributed by atoms with Gasteiger partial charge in [-0.1, -0.05) is 15.9 Å². The topological polar surface area (TPSA) is 57.5 Å². The second kappa shape index (κ2) is 4.54. The van der Waals surface area contributed by atoms with Gasteiger partial charge in [0.15, 0.2) is 6.10 Å². The zero-order chi connectivity index (χ0) is 11.7. The first kappa shape index (κ1) is 12.5. The first-order valence-electron chi connectivity index (χ1n) is 3.60. The smallest absolute Gasteiger partial charge is 0.337 e. The van der Waals surface area contributed by atoms with Crippen LogP contribution in [0.1, 0.15) is 11.7 Å². The van der Waals surface area contributed by atoms with E-state index in [1.54, 1.807) is 0 Å². The molecule has 0 aliphatic heterocycles. The molecule has 0 bridgehead atoms. The summed E-state index contributed by atoms with van der Waals surface area (Å²) in [6, 6.07) is 0.870. The van der Waals surface area contributed by atoms with Gasteiger partial charge in [-0.05, 0) is 22.0 Å². The van der Waals surface area contributed by atoms with Gasteiger partial charge in [-0.15, -0.1) is 0 Å². The summed E-state index contributed by atoms with van der Waals surface area (Å²) in [6.45, 7) is 0. The lowest BCUT2D eigenvalue weighted by Crippen LogP contribution is -2.13. The minimum absolute atomic E-state index is 0.143. The second-order valence-corrected chi connectivity index (χ2v) is 4.27. The Morgan fingerprint density at radius 2 is 1.93 bits per heavy atom. The number of carboxylic acid groups (broad SMARTS) is 1. The van der Waals surface area contributed by atoms with Gasteiger partial charge in [0.1, 0.15) is 11.6 Å². The third-order valence-corrected chi connectivity index (χ3v) is 3.04. The van der Waals surface area contributed by atoms with Crippen LogP contribution in [0.3, 0.4) is 0 Å². The van der Waals surface area contributed by atoms with Gasteiger partial charge in [0.05, 0.1) is 4.47 Å². The molecule has 0 saturated heterocycles. The van der Waals surface area contributed by atoms with Gasteiger partial charge < -0.3 is 10.2 Å². The number of benzene rings is 1. The monoisotopic (exact) mass is 344 g/mol. The van der Waals surface area contributed by atoms with Crippen LogP contribution in [0.2, 0.25) is 0 Å². The number of aliphatic carboxylic acids is 1. The Morgan fingerprint density at radius 1 is 1.40 bits per heavy atom. The summed E-state index contributed by atoms with van der Waals surface area (Å²) < 4.78 is 25.7. The van der Waals surface area contributed by atoms with E-state index in [4.69, 9.17) is 10.2 Å². The Labute approximate surface area is 100.0 Å². The maximum absolute atomic E-state index is 13.4. The number of carboxylic acids is 1. The lowest BCUT2D eigenvalue weighted by atomic mass is 10.1. The van der Waals surface area contributed by atoms with Crippen molar-refractivity contribution in [2.75, 3.05) is 0 Å². The number of halogens is 4. The van der Waals surface area contributed by atoms with E-state index in [0.29, 0.717) is 0 Å². The number of rotatable bonds is 2. The minimum Gasteiger partial charge on any atom is -0.479 e. The van der Waals surface area contributed by atoms with Crippen molar-refractivity contribution in [2.45, 2.75) is 6.10 Å². The van der Waals surface area contributed by atoms with Crippen molar-refractivity contribution in [3.05, 3.63) is 32.2 Å². The summed E-state index contributed by atoms with van der Waals surface area (Å²) in [4.78, 5) is 10.5. The van der Waals surface area contributed by atoms with Crippen molar-refractivity contribution in [1.82, 2.24) is 0 Å². The Hall–Kier alpha value is -0.530. The number of carbonyl (C=O) groups is 1. The SMILES string of the molecule is O=C(O)C(O)c1c(Br)cc(F)c(Br)c1F. The van der Waals surface area contributed by atoms with Crippen molar-refractivity contribution < 1.29 is 23.8 Å². The van der Waals surface area contributed by atoms with Crippen LogP contribution < -0.4 is 0 Å². The van der Waals surface area contributed by atoms with E-state index in [9.17, 15) is 13.6 Å². The molecule has 0 fully saturated rings. The third kappa shape index (κ3) is 2.35. The van der Waals surface area contributed by atoms with Crippen molar-refractivity contribution in [3.8, 4) is 0 Å². The van der Waals surface area contributed by atoms with Gasteiger partial charge in [0, 0.05) is 10.0 Å². The fourth-order valence-electron chi connectivity index (χ4n) is 0.954. The van der Waals surface area contributed by atoms with E-state index in [1.165, 1.54) is 0 Å². The molecule has 0 amide bonds. The maximum Gasteiger partial charge on any atom is 0.337 e. The molecule has 0 spiro atoms. The number of aliphatic hydroxyl groups excluding tert-OH is 1. The predicted molar refractivity (Wildman–Crippen MR) is 54.4 cm³/mol. The van der Waals surface area contributed by atoms with Crippen LogP contribution in [0.15, 0.2) is 15.0 Å².